The topological polar surface area (TPSA) is 76.1 Å². The van der Waals surface area contributed by atoms with E-state index in [9.17, 15) is 9.59 Å². The lowest BCUT2D eigenvalue weighted by Crippen LogP contribution is -2.36. The fraction of sp³-hybridized carbons (Fsp3) is 0.500. The molecule has 1 aromatic rings. The van der Waals surface area contributed by atoms with E-state index in [-0.39, 0.29) is 17.8 Å². The molecule has 0 saturated carbocycles. The van der Waals surface area contributed by atoms with Crippen molar-refractivity contribution in [2.75, 3.05) is 13.1 Å². The molecule has 1 atom stereocenters. The number of carboxylic acid groups (broad SMARTS) is 1. The molecule has 1 saturated heterocycles. The van der Waals surface area contributed by atoms with Crippen LogP contribution in [0.15, 0.2) is 24.3 Å². The standard InChI is InChI=1S/C16H21NO5/c1-16(2,3)22-15(20)17-8-7-13(10-17)21-12-6-4-5-11(9-12)14(18)19/h4-6,9,13H,7-8,10H2,1-3H3,(H,18,19)/t13-/m0/s1. The van der Waals surface area contributed by atoms with Gasteiger partial charge in [-0.05, 0) is 39.0 Å². The third-order valence-corrected chi connectivity index (χ3v) is 3.18. The number of carbonyl (C=O) groups excluding carboxylic acids is 1. The molecule has 120 valence electrons. The first kappa shape index (κ1) is 16.1. The van der Waals surface area contributed by atoms with Crippen LogP contribution in [-0.2, 0) is 4.74 Å². The average molecular weight is 307 g/mol. The first-order valence-corrected chi connectivity index (χ1v) is 7.22. The van der Waals surface area contributed by atoms with Crippen molar-refractivity contribution in [1.82, 2.24) is 4.90 Å². The van der Waals surface area contributed by atoms with Gasteiger partial charge in [-0.2, -0.15) is 0 Å². The van der Waals surface area contributed by atoms with Crippen molar-refractivity contribution in [3.8, 4) is 5.75 Å². The van der Waals surface area contributed by atoms with Crippen LogP contribution in [0.25, 0.3) is 0 Å². The molecule has 0 aliphatic carbocycles. The number of aromatic carboxylic acids is 1. The largest absolute Gasteiger partial charge is 0.488 e. The molecule has 0 spiro atoms. The number of benzene rings is 1. The van der Waals surface area contributed by atoms with Gasteiger partial charge in [0.15, 0.2) is 0 Å². The second-order valence-electron chi connectivity index (χ2n) is 6.29. The van der Waals surface area contributed by atoms with Gasteiger partial charge in [0.05, 0.1) is 12.1 Å². The van der Waals surface area contributed by atoms with Crippen LogP contribution >= 0.6 is 0 Å². The smallest absolute Gasteiger partial charge is 0.410 e. The molecule has 1 aromatic carbocycles. The van der Waals surface area contributed by atoms with Crippen LogP contribution in [0.2, 0.25) is 0 Å². The molecule has 0 radical (unpaired) electrons. The van der Waals surface area contributed by atoms with E-state index in [1.54, 1.807) is 17.0 Å². The highest BCUT2D eigenvalue weighted by Crippen LogP contribution is 2.21. The van der Waals surface area contributed by atoms with Gasteiger partial charge in [-0.1, -0.05) is 6.07 Å². The first-order valence-electron chi connectivity index (χ1n) is 7.22. The molecule has 0 unspecified atom stereocenters. The molecule has 2 rings (SSSR count). The van der Waals surface area contributed by atoms with Crippen molar-refractivity contribution in [3.63, 3.8) is 0 Å². The quantitative estimate of drug-likeness (QED) is 0.929. The molecule has 1 amide bonds. The minimum atomic E-state index is -0.993. The third-order valence-electron chi connectivity index (χ3n) is 3.18. The zero-order chi connectivity index (χ0) is 16.3. The van der Waals surface area contributed by atoms with Gasteiger partial charge in [-0.25, -0.2) is 9.59 Å². The molecule has 0 aromatic heterocycles. The van der Waals surface area contributed by atoms with E-state index in [0.29, 0.717) is 25.3 Å². The van der Waals surface area contributed by atoms with Gasteiger partial charge in [0.25, 0.3) is 0 Å². The van der Waals surface area contributed by atoms with E-state index in [0.717, 1.165) is 0 Å². The molecule has 0 bridgehead atoms. The number of hydrogen-bond acceptors (Lipinski definition) is 4. The zero-order valence-corrected chi connectivity index (χ0v) is 13.0. The minimum absolute atomic E-state index is 0.156. The Morgan fingerprint density at radius 2 is 2.05 bits per heavy atom. The Bertz CT molecular complexity index is 564. The van der Waals surface area contributed by atoms with Gasteiger partial charge >= 0.3 is 12.1 Å². The summed E-state index contributed by atoms with van der Waals surface area (Å²) in [6.07, 6.45) is 0.186. The van der Waals surface area contributed by atoms with Crippen LogP contribution in [0.3, 0.4) is 0 Å². The maximum atomic E-state index is 12.0. The van der Waals surface area contributed by atoms with Crippen LogP contribution < -0.4 is 4.74 Å². The first-order chi connectivity index (χ1) is 10.2. The Labute approximate surface area is 129 Å². The monoisotopic (exact) mass is 307 g/mol. The molecule has 6 nitrogen and oxygen atoms in total. The van der Waals surface area contributed by atoms with Crippen molar-refractivity contribution in [2.45, 2.75) is 38.9 Å². The van der Waals surface area contributed by atoms with Crippen molar-refractivity contribution in [2.24, 2.45) is 0 Å². The number of amides is 1. The molecular weight excluding hydrogens is 286 g/mol. The molecule has 22 heavy (non-hydrogen) atoms. The highest BCUT2D eigenvalue weighted by molar-refractivity contribution is 5.88. The number of ether oxygens (including phenoxy) is 2. The Hall–Kier alpha value is -2.24. The lowest BCUT2D eigenvalue weighted by Gasteiger charge is -2.24. The second-order valence-corrected chi connectivity index (χ2v) is 6.29. The summed E-state index contributed by atoms with van der Waals surface area (Å²) in [6.45, 7) is 6.48. The lowest BCUT2D eigenvalue weighted by molar-refractivity contribution is 0.0275. The lowest BCUT2D eigenvalue weighted by atomic mass is 10.2. The zero-order valence-electron chi connectivity index (χ0n) is 13.0. The van der Waals surface area contributed by atoms with E-state index >= 15 is 0 Å². The molecule has 1 fully saturated rings. The molecular formula is C16H21NO5. The van der Waals surface area contributed by atoms with Crippen molar-refractivity contribution in [1.29, 1.82) is 0 Å². The van der Waals surface area contributed by atoms with Gasteiger partial charge in [-0.15, -0.1) is 0 Å². The van der Waals surface area contributed by atoms with Crippen LogP contribution in [0, 0.1) is 0 Å². The number of hydrogen-bond donors (Lipinski definition) is 1. The van der Waals surface area contributed by atoms with Crippen LogP contribution in [0.4, 0.5) is 4.79 Å². The molecule has 1 N–H and O–H groups in total. The van der Waals surface area contributed by atoms with E-state index in [2.05, 4.69) is 0 Å². The highest BCUT2D eigenvalue weighted by atomic mass is 16.6. The predicted octanol–water partition coefficient (Wildman–Crippen LogP) is 2.77. The number of rotatable bonds is 3. The number of carbonyl (C=O) groups is 2. The predicted molar refractivity (Wildman–Crippen MR) is 80.2 cm³/mol. The molecule has 1 aliphatic heterocycles. The summed E-state index contributed by atoms with van der Waals surface area (Å²) in [5.74, 6) is -0.497. The van der Waals surface area contributed by atoms with Gasteiger partial charge in [0, 0.05) is 13.0 Å². The number of carboxylic acids is 1. The summed E-state index contributed by atoms with van der Waals surface area (Å²) >= 11 is 0. The fourth-order valence-corrected chi connectivity index (χ4v) is 2.21. The van der Waals surface area contributed by atoms with Crippen molar-refractivity contribution < 1.29 is 24.2 Å². The SMILES string of the molecule is CC(C)(C)OC(=O)N1CC[C@H](Oc2cccc(C(=O)O)c2)C1. The number of likely N-dealkylation sites (tertiary alicyclic amines) is 1. The number of nitrogens with zero attached hydrogens (tertiary/aromatic N) is 1. The van der Waals surface area contributed by atoms with Crippen molar-refractivity contribution in [3.05, 3.63) is 29.8 Å². The molecule has 1 heterocycles. The van der Waals surface area contributed by atoms with E-state index in [1.807, 2.05) is 20.8 Å². The maximum absolute atomic E-state index is 12.0. The fourth-order valence-electron chi connectivity index (χ4n) is 2.21. The third kappa shape index (κ3) is 4.38. The van der Waals surface area contributed by atoms with Gasteiger partial charge < -0.3 is 19.5 Å². The normalized spacial score (nSPS) is 18.1. The minimum Gasteiger partial charge on any atom is -0.488 e. The second kappa shape index (κ2) is 6.25. The molecule has 6 heteroatoms. The summed E-state index contributed by atoms with van der Waals surface area (Å²) in [6, 6.07) is 6.34. The van der Waals surface area contributed by atoms with Crippen LogP contribution in [0.1, 0.15) is 37.6 Å². The van der Waals surface area contributed by atoms with E-state index < -0.39 is 11.6 Å². The molecule has 1 aliphatic rings. The summed E-state index contributed by atoms with van der Waals surface area (Å²) in [4.78, 5) is 24.5. The summed E-state index contributed by atoms with van der Waals surface area (Å²) in [5, 5.41) is 8.97. The van der Waals surface area contributed by atoms with Crippen molar-refractivity contribution >= 4 is 12.1 Å². The van der Waals surface area contributed by atoms with Crippen LogP contribution in [-0.4, -0.2) is 46.9 Å². The summed E-state index contributed by atoms with van der Waals surface area (Å²) in [5.41, 5.74) is -0.342. The Morgan fingerprint density at radius 1 is 1.32 bits per heavy atom. The Balaban J connectivity index is 1.92. The maximum Gasteiger partial charge on any atom is 0.410 e. The average Bonchev–Trinajstić information content (AvgIpc) is 2.85. The van der Waals surface area contributed by atoms with E-state index in [4.69, 9.17) is 14.6 Å². The van der Waals surface area contributed by atoms with Crippen LogP contribution in [0.5, 0.6) is 5.75 Å². The van der Waals surface area contributed by atoms with Gasteiger partial charge in [0.2, 0.25) is 0 Å². The summed E-state index contributed by atoms with van der Waals surface area (Å²) in [7, 11) is 0. The van der Waals surface area contributed by atoms with Gasteiger partial charge in [0.1, 0.15) is 17.5 Å². The van der Waals surface area contributed by atoms with Gasteiger partial charge in [-0.3, -0.25) is 0 Å². The van der Waals surface area contributed by atoms with E-state index in [1.165, 1.54) is 12.1 Å². The highest BCUT2D eigenvalue weighted by Gasteiger charge is 2.30. The summed E-state index contributed by atoms with van der Waals surface area (Å²) < 4.78 is 11.1. The Kier molecular flexibility index (Phi) is 4.59. The Morgan fingerprint density at radius 3 is 2.68 bits per heavy atom.